The summed E-state index contributed by atoms with van der Waals surface area (Å²) in [6.07, 6.45) is 3.04. The van der Waals surface area contributed by atoms with Crippen LogP contribution in [-0.2, 0) is 19.8 Å². The largest absolute Gasteiger partial charge is 0.497 e. The van der Waals surface area contributed by atoms with Gasteiger partial charge in [0.25, 0.3) is 10.0 Å². The van der Waals surface area contributed by atoms with Gasteiger partial charge in [-0.25, -0.2) is 22.4 Å². The van der Waals surface area contributed by atoms with E-state index in [1.807, 2.05) is 6.07 Å². The lowest BCUT2D eigenvalue weighted by molar-refractivity contribution is 0.414. The van der Waals surface area contributed by atoms with E-state index in [9.17, 15) is 12.6 Å². The number of nitrogens with one attached hydrogen (secondary N) is 4. The summed E-state index contributed by atoms with van der Waals surface area (Å²) in [5.74, 6) is 1.82. The van der Waals surface area contributed by atoms with Crippen LogP contribution in [0.5, 0.6) is 5.75 Å². The monoisotopic (exact) mass is 564 g/mol. The number of nitrogens with zero attached hydrogens (tertiary/aromatic N) is 2. The fraction of sp³-hybridized carbons (Fsp3) is 0.185. The van der Waals surface area contributed by atoms with Crippen LogP contribution in [0.25, 0.3) is 11.1 Å². The Balaban J connectivity index is 1.39. The summed E-state index contributed by atoms with van der Waals surface area (Å²) < 4.78 is 54.5. The number of anilines is 4. The molecule has 4 aromatic rings. The maximum Gasteiger partial charge on any atom is 0.261 e. The molecule has 0 aliphatic carbocycles. The minimum Gasteiger partial charge on any atom is -0.497 e. The van der Waals surface area contributed by atoms with Gasteiger partial charge in [0.2, 0.25) is 5.95 Å². The standard InChI is InChI=1S/C27H28N6O4S2/c1-37-22-11-13-23(14-12-22)39(35,36)33-20-9-7-19(8-10-20)25-18-30-27-31-21-5-4-6-24(17-21)38(28,34)16-3-2-15-29-26(25)32-27/h4-14,17-18,28,33H,2-3,15-16H2,1H3,(H2,29,30,31,32). The highest BCUT2D eigenvalue weighted by molar-refractivity contribution is 7.93. The molecule has 0 spiro atoms. The number of hydrogen-bond donors (Lipinski definition) is 4. The van der Waals surface area contributed by atoms with E-state index in [0.717, 1.165) is 11.1 Å². The SMILES string of the molecule is COc1ccc(S(=O)(=O)Nc2ccc(-c3cnc4nc3NCCCCS(=N)(=O)c3cccc(c3)N4)cc2)cc1. The van der Waals surface area contributed by atoms with Gasteiger partial charge in [-0.15, -0.1) is 0 Å². The fourth-order valence-corrected chi connectivity index (χ4v) is 6.66. The molecule has 0 saturated heterocycles. The van der Waals surface area contributed by atoms with Crippen LogP contribution < -0.4 is 20.1 Å². The molecular formula is C27H28N6O4S2. The minimum absolute atomic E-state index is 0.131. The smallest absolute Gasteiger partial charge is 0.261 e. The van der Waals surface area contributed by atoms with E-state index in [-0.39, 0.29) is 10.6 Å². The van der Waals surface area contributed by atoms with Crippen molar-refractivity contribution >= 4 is 42.9 Å². The molecule has 12 heteroatoms. The van der Waals surface area contributed by atoms with Crippen molar-refractivity contribution in [3.63, 3.8) is 0 Å². The van der Waals surface area contributed by atoms with Crippen molar-refractivity contribution < 1.29 is 17.4 Å². The molecule has 5 rings (SSSR count). The van der Waals surface area contributed by atoms with Gasteiger partial charge in [-0.1, -0.05) is 18.2 Å². The molecular weight excluding hydrogens is 536 g/mol. The Hall–Kier alpha value is -4.16. The van der Waals surface area contributed by atoms with Crippen molar-refractivity contribution in [3.05, 3.63) is 79.0 Å². The number of fused-ring (bicyclic) bond motifs is 4. The first-order chi connectivity index (χ1) is 18.7. The number of rotatable bonds is 5. The van der Waals surface area contributed by atoms with Crippen molar-refractivity contribution in [1.82, 2.24) is 9.97 Å². The summed E-state index contributed by atoms with van der Waals surface area (Å²) in [6.45, 7) is 0.580. The van der Waals surface area contributed by atoms with Gasteiger partial charge in [-0.3, -0.25) is 4.72 Å². The van der Waals surface area contributed by atoms with Crippen LogP contribution >= 0.6 is 0 Å². The molecule has 0 saturated carbocycles. The van der Waals surface area contributed by atoms with Gasteiger partial charge in [0.15, 0.2) is 0 Å². The highest BCUT2D eigenvalue weighted by atomic mass is 32.2. The van der Waals surface area contributed by atoms with Crippen molar-refractivity contribution in [1.29, 1.82) is 4.78 Å². The number of methoxy groups -OCH3 is 1. The Bertz CT molecular complexity index is 1690. The van der Waals surface area contributed by atoms with Crippen molar-refractivity contribution in [2.45, 2.75) is 22.6 Å². The van der Waals surface area contributed by atoms with Crippen LogP contribution in [0.2, 0.25) is 0 Å². The van der Waals surface area contributed by atoms with Crippen molar-refractivity contribution in [2.75, 3.05) is 34.8 Å². The molecule has 1 aliphatic rings. The maximum atomic E-state index is 12.9. The third-order valence-electron chi connectivity index (χ3n) is 6.23. The Labute approximate surface area is 227 Å². The predicted molar refractivity (Wildman–Crippen MR) is 153 cm³/mol. The first-order valence-corrected chi connectivity index (χ1v) is 15.5. The van der Waals surface area contributed by atoms with Crippen LogP contribution in [0.15, 0.2) is 88.8 Å². The molecule has 2 heterocycles. The van der Waals surface area contributed by atoms with E-state index in [4.69, 9.17) is 9.52 Å². The third kappa shape index (κ3) is 6.13. The van der Waals surface area contributed by atoms with E-state index in [0.29, 0.717) is 53.2 Å². The molecule has 10 nitrogen and oxygen atoms in total. The van der Waals surface area contributed by atoms with Gasteiger partial charge in [-0.05, 0) is 73.0 Å². The fourth-order valence-electron chi connectivity index (χ4n) is 4.14. The lowest BCUT2D eigenvalue weighted by atomic mass is 10.1. The Morgan fingerprint density at radius 2 is 1.79 bits per heavy atom. The zero-order valence-corrected chi connectivity index (χ0v) is 22.8. The average Bonchev–Trinajstić information content (AvgIpc) is 2.93. The lowest BCUT2D eigenvalue weighted by Crippen LogP contribution is -2.12. The number of sulfonamides is 1. The zero-order valence-electron chi connectivity index (χ0n) is 21.2. The van der Waals surface area contributed by atoms with Gasteiger partial charge in [0, 0.05) is 40.3 Å². The van der Waals surface area contributed by atoms with Gasteiger partial charge in [0.1, 0.15) is 11.6 Å². The van der Waals surface area contributed by atoms with E-state index in [1.54, 1.807) is 60.8 Å². The first-order valence-electron chi connectivity index (χ1n) is 12.3. The molecule has 1 atom stereocenters. The van der Waals surface area contributed by atoms with Crippen LogP contribution in [-0.4, -0.2) is 42.0 Å². The molecule has 1 aliphatic heterocycles. The molecule has 0 amide bonds. The summed E-state index contributed by atoms with van der Waals surface area (Å²) in [4.78, 5) is 9.74. The minimum atomic E-state index is -3.77. The van der Waals surface area contributed by atoms with Gasteiger partial charge < -0.3 is 15.4 Å². The first kappa shape index (κ1) is 26.4. The van der Waals surface area contributed by atoms with Crippen LogP contribution in [0, 0.1) is 4.78 Å². The molecule has 3 aromatic carbocycles. The number of aromatic nitrogens is 2. The molecule has 4 bridgehead atoms. The average molecular weight is 565 g/mol. The quantitative estimate of drug-likeness (QED) is 0.255. The Morgan fingerprint density at radius 1 is 1.03 bits per heavy atom. The van der Waals surface area contributed by atoms with E-state index in [1.165, 1.54) is 19.2 Å². The highest BCUT2D eigenvalue weighted by Crippen LogP contribution is 2.30. The Kier molecular flexibility index (Phi) is 7.40. The molecule has 202 valence electrons. The number of ether oxygens (including phenoxy) is 1. The highest BCUT2D eigenvalue weighted by Gasteiger charge is 2.16. The lowest BCUT2D eigenvalue weighted by Gasteiger charge is -2.14. The van der Waals surface area contributed by atoms with Gasteiger partial charge >= 0.3 is 0 Å². The second-order valence-corrected chi connectivity index (χ2v) is 12.9. The van der Waals surface area contributed by atoms with Crippen molar-refractivity contribution in [3.8, 4) is 16.9 Å². The number of benzene rings is 3. The number of hydrogen-bond acceptors (Lipinski definition) is 9. The predicted octanol–water partition coefficient (Wildman–Crippen LogP) is 5.31. The summed E-state index contributed by atoms with van der Waals surface area (Å²) in [5, 5.41) is 6.48. The summed E-state index contributed by atoms with van der Waals surface area (Å²) >= 11 is 0. The summed E-state index contributed by atoms with van der Waals surface area (Å²) in [7, 11) is -5.13. The molecule has 0 radical (unpaired) electrons. The van der Waals surface area contributed by atoms with Crippen molar-refractivity contribution in [2.24, 2.45) is 0 Å². The zero-order chi connectivity index (χ0) is 27.5. The second kappa shape index (κ2) is 10.9. The molecule has 4 N–H and O–H groups in total. The molecule has 1 aromatic heterocycles. The third-order valence-corrected chi connectivity index (χ3v) is 9.50. The molecule has 39 heavy (non-hydrogen) atoms. The van der Waals surface area contributed by atoms with Crippen LogP contribution in [0.1, 0.15) is 12.8 Å². The van der Waals surface area contributed by atoms with Crippen LogP contribution in [0.4, 0.5) is 23.1 Å². The van der Waals surface area contributed by atoms with Crippen LogP contribution in [0.3, 0.4) is 0 Å². The molecule has 0 fully saturated rings. The normalized spacial score (nSPS) is 17.4. The Morgan fingerprint density at radius 3 is 2.54 bits per heavy atom. The topological polar surface area (TPSA) is 146 Å². The van der Waals surface area contributed by atoms with Gasteiger partial charge in [0.05, 0.1) is 21.7 Å². The van der Waals surface area contributed by atoms with E-state index < -0.39 is 19.8 Å². The maximum absolute atomic E-state index is 12.9. The molecule has 1 unspecified atom stereocenters. The second-order valence-electron chi connectivity index (χ2n) is 8.98. The summed E-state index contributed by atoms with van der Waals surface area (Å²) in [6, 6.07) is 20.1. The van der Waals surface area contributed by atoms with E-state index >= 15 is 0 Å². The van der Waals surface area contributed by atoms with E-state index in [2.05, 4.69) is 25.3 Å². The van der Waals surface area contributed by atoms with Gasteiger partial charge in [-0.2, -0.15) is 4.98 Å². The summed E-state index contributed by atoms with van der Waals surface area (Å²) in [5.41, 5.74) is 2.62.